The van der Waals surface area contributed by atoms with Gasteiger partial charge in [0.1, 0.15) is 5.69 Å². The molecular formula is C9H8N4O2. The van der Waals surface area contributed by atoms with Crippen LogP contribution in [-0.4, -0.2) is 31.1 Å². The predicted octanol–water partition coefficient (Wildman–Crippen LogP) is 0.575. The lowest BCUT2D eigenvalue weighted by Crippen LogP contribution is -2.01. The van der Waals surface area contributed by atoms with E-state index < -0.39 is 5.97 Å². The van der Waals surface area contributed by atoms with E-state index in [4.69, 9.17) is 5.11 Å². The molecule has 0 bridgehead atoms. The average Bonchev–Trinajstić information content (AvgIpc) is 2.61. The van der Waals surface area contributed by atoms with Crippen LogP contribution in [-0.2, 0) is 7.05 Å². The number of carboxylic acids is 1. The lowest BCUT2D eigenvalue weighted by atomic mass is 10.1. The SMILES string of the molecule is Cn1nnc(C(=O)O)c1-c1cccnc1. The standard InChI is InChI=1S/C9H8N4O2/c1-13-8(6-3-2-4-10-5-6)7(9(14)15)11-12-13/h2-5H,1H3,(H,14,15). The van der Waals surface area contributed by atoms with Crippen LogP contribution in [0.1, 0.15) is 10.5 Å². The normalized spacial score (nSPS) is 10.2. The molecule has 0 amide bonds. The molecule has 0 saturated heterocycles. The molecule has 2 aromatic heterocycles. The van der Waals surface area contributed by atoms with Crippen molar-refractivity contribution < 1.29 is 9.90 Å². The van der Waals surface area contributed by atoms with Crippen molar-refractivity contribution in [3.05, 3.63) is 30.2 Å². The topological polar surface area (TPSA) is 80.9 Å². The third-order valence-corrected chi connectivity index (χ3v) is 1.96. The van der Waals surface area contributed by atoms with E-state index in [0.717, 1.165) is 0 Å². The summed E-state index contributed by atoms with van der Waals surface area (Å²) >= 11 is 0. The van der Waals surface area contributed by atoms with Gasteiger partial charge in [-0.15, -0.1) is 5.10 Å². The number of carboxylic acid groups (broad SMARTS) is 1. The smallest absolute Gasteiger partial charge is 0.358 e. The molecule has 15 heavy (non-hydrogen) atoms. The van der Waals surface area contributed by atoms with Gasteiger partial charge in [0.2, 0.25) is 0 Å². The number of aryl methyl sites for hydroxylation is 1. The molecule has 2 rings (SSSR count). The second kappa shape index (κ2) is 3.49. The van der Waals surface area contributed by atoms with Gasteiger partial charge in [0.25, 0.3) is 0 Å². The Bertz CT molecular complexity index is 492. The van der Waals surface area contributed by atoms with Gasteiger partial charge in [-0.05, 0) is 12.1 Å². The van der Waals surface area contributed by atoms with Crippen molar-refractivity contribution in [3.63, 3.8) is 0 Å². The van der Waals surface area contributed by atoms with Gasteiger partial charge in [0.05, 0.1) is 0 Å². The van der Waals surface area contributed by atoms with Crippen molar-refractivity contribution in [1.29, 1.82) is 0 Å². The first-order valence-electron chi connectivity index (χ1n) is 4.23. The highest BCUT2D eigenvalue weighted by molar-refractivity contribution is 5.92. The minimum Gasteiger partial charge on any atom is -0.476 e. The van der Waals surface area contributed by atoms with E-state index in [-0.39, 0.29) is 5.69 Å². The summed E-state index contributed by atoms with van der Waals surface area (Å²) in [4.78, 5) is 14.8. The Labute approximate surface area is 85.2 Å². The Morgan fingerprint density at radius 3 is 2.93 bits per heavy atom. The Morgan fingerprint density at radius 2 is 2.33 bits per heavy atom. The fraction of sp³-hybridized carbons (Fsp3) is 0.111. The van der Waals surface area contributed by atoms with Gasteiger partial charge in [-0.3, -0.25) is 4.98 Å². The summed E-state index contributed by atoms with van der Waals surface area (Å²) in [6.45, 7) is 0. The molecular weight excluding hydrogens is 196 g/mol. The summed E-state index contributed by atoms with van der Waals surface area (Å²) in [5, 5.41) is 16.2. The van der Waals surface area contributed by atoms with Crippen molar-refractivity contribution in [3.8, 4) is 11.3 Å². The summed E-state index contributed by atoms with van der Waals surface area (Å²) in [5.74, 6) is -1.10. The molecule has 0 aliphatic carbocycles. The zero-order chi connectivity index (χ0) is 10.8. The minimum atomic E-state index is -1.10. The number of hydrogen-bond donors (Lipinski definition) is 1. The van der Waals surface area contributed by atoms with Gasteiger partial charge >= 0.3 is 5.97 Å². The third kappa shape index (κ3) is 1.56. The maximum Gasteiger partial charge on any atom is 0.358 e. The van der Waals surface area contributed by atoms with E-state index in [1.807, 2.05) is 0 Å². The van der Waals surface area contributed by atoms with E-state index in [1.54, 1.807) is 31.6 Å². The second-order valence-corrected chi connectivity index (χ2v) is 2.96. The van der Waals surface area contributed by atoms with Crippen LogP contribution in [0.4, 0.5) is 0 Å². The molecule has 2 aromatic rings. The van der Waals surface area contributed by atoms with E-state index in [0.29, 0.717) is 11.3 Å². The third-order valence-electron chi connectivity index (χ3n) is 1.96. The Kier molecular flexibility index (Phi) is 2.17. The number of aromatic carboxylic acids is 1. The number of hydrogen-bond acceptors (Lipinski definition) is 4. The number of carbonyl (C=O) groups is 1. The van der Waals surface area contributed by atoms with Gasteiger partial charge < -0.3 is 5.11 Å². The molecule has 0 fully saturated rings. The first-order chi connectivity index (χ1) is 7.20. The van der Waals surface area contributed by atoms with Crippen molar-refractivity contribution >= 4 is 5.97 Å². The van der Waals surface area contributed by atoms with E-state index in [2.05, 4.69) is 15.3 Å². The van der Waals surface area contributed by atoms with Gasteiger partial charge in [-0.25, -0.2) is 9.48 Å². The molecule has 0 unspecified atom stereocenters. The summed E-state index contributed by atoms with van der Waals surface area (Å²) < 4.78 is 1.42. The largest absolute Gasteiger partial charge is 0.476 e. The maximum absolute atomic E-state index is 10.9. The fourth-order valence-electron chi connectivity index (χ4n) is 1.33. The zero-order valence-electron chi connectivity index (χ0n) is 7.95. The van der Waals surface area contributed by atoms with Gasteiger partial charge in [0, 0.05) is 25.0 Å². The minimum absolute atomic E-state index is 0.0644. The quantitative estimate of drug-likeness (QED) is 0.773. The maximum atomic E-state index is 10.9. The lowest BCUT2D eigenvalue weighted by molar-refractivity contribution is 0.0691. The molecule has 6 heteroatoms. The van der Waals surface area contributed by atoms with Crippen LogP contribution in [0.5, 0.6) is 0 Å². The summed E-state index contributed by atoms with van der Waals surface area (Å²) in [7, 11) is 1.64. The molecule has 0 radical (unpaired) electrons. The first-order valence-corrected chi connectivity index (χ1v) is 4.23. The van der Waals surface area contributed by atoms with Crippen molar-refractivity contribution in [2.75, 3.05) is 0 Å². The fourth-order valence-corrected chi connectivity index (χ4v) is 1.33. The van der Waals surface area contributed by atoms with Gasteiger partial charge in [0.15, 0.2) is 5.69 Å². The van der Waals surface area contributed by atoms with Crippen LogP contribution in [0.15, 0.2) is 24.5 Å². The van der Waals surface area contributed by atoms with Crippen molar-refractivity contribution in [2.24, 2.45) is 7.05 Å². The molecule has 1 N–H and O–H groups in total. The Hall–Kier alpha value is -2.24. The van der Waals surface area contributed by atoms with Crippen LogP contribution in [0.25, 0.3) is 11.3 Å². The number of pyridine rings is 1. The lowest BCUT2D eigenvalue weighted by Gasteiger charge is -2.00. The Balaban J connectivity index is 2.62. The average molecular weight is 204 g/mol. The first kappa shape index (κ1) is 9.32. The zero-order valence-corrected chi connectivity index (χ0v) is 7.95. The molecule has 0 aliphatic rings. The molecule has 6 nitrogen and oxygen atoms in total. The molecule has 0 aliphatic heterocycles. The van der Waals surface area contributed by atoms with Crippen LogP contribution in [0.2, 0.25) is 0 Å². The van der Waals surface area contributed by atoms with Crippen molar-refractivity contribution in [1.82, 2.24) is 20.0 Å². The molecule has 76 valence electrons. The van der Waals surface area contributed by atoms with Crippen LogP contribution >= 0.6 is 0 Å². The molecule has 2 heterocycles. The highest BCUT2D eigenvalue weighted by Crippen LogP contribution is 2.19. The number of rotatable bonds is 2. The van der Waals surface area contributed by atoms with Crippen LogP contribution in [0.3, 0.4) is 0 Å². The molecule has 0 saturated carbocycles. The summed E-state index contributed by atoms with van der Waals surface area (Å²) in [6.07, 6.45) is 3.19. The van der Waals surface area contributed by atoms with E-state index in [9.17, 15) is 4.79 Å². The number of nitrogens with zero attached hydrogens (tertiary/aromatic N) is 4. The van der Waals surface area contributed by atoms with Crippen molar-refractivity contribution in [2.45, 2.75) is 0 Å². The summed E-state index contributed by atoms with van der Waals surface area (Å²) in [5.41, 5.74) is 1.07. The predicted molar refractivity (Wildman–Crippen MR) is 51.2 cm³/mol. The van der Waals surface area contributed by atoms with Gasteiger partial charge in [-0.2, -0.15) is 0 Å². The van der Waals surface area contributed by atoms with E-state index >= 15 is 0 Å². The monoisotopic (exact) mass is 204 g/mol. The highest BCUT2D eigenvalue weighted by Gasteiger charge is 2.18. The highest BCUT2D eigenvalue weighted by atomic mass is 16.4. The van der Waals surface area contributed by atoms with Crippen LogP contribution < -0.4 is 0 Å². The molecule has 0 spiro atoms. The summed E-state index contributed by atoms with van der Waals surface area (Å²) in [6, 6.07) is 3.49. The van der Waals surface area contributed by atoms with Crippen LogP contribution in [0, 0.1) is 0 Å². The Morgan fingerprint density at radius 1 is 1.53 bits per heavy atom. The van der Waals surface area contributed by atoms with E-state index in [1.165, 1.54) is 4.68 Å². The van der Waals surface area contributed by atoms with Gasteiger partial charge in [-0.1, -0.05) is 5.21 Å². The molecule has 0 aromatic carbocycles. The number of aromatic nitrogens is 4. The second-order valence-electron chi connectivity index (χ2n) is 2.96. The molecule has 0 atom stereocenters.